The highest BCUT2D eigenvalue weighted by Gasteiger charge is 2.15. The van der Waals surface area contributed by atoms with E-state index in [0.717, 1.165) is 6.20 Å². The Bertz CT molecular complexity index is 1170. The minimum absolute atomic E-state index is 0.0394. The van der Waals surface area contributed by atoms with E-state index in [9.17, 15) is 8.78 Å². The summed E-state index contributed by atoms with van der Waals surface area (Å²) in [5.74, 6) is -0.601. The molecule has 3 N–H and O–H groups in total. The van der Waals surface area contributed by atoms with Crippen molar-refractivity contribution in [3.05, 3.63) is 65.4 Å². The number of hydrogen-bond donors (Lipinski definition) is 2. The van der Waals surface area contributed by atoms with Crippen LogP contribution in [-0.4, -0.2) is 19.9 Å². The Morgan fingerprint density at radius 3 is 2.63 bits per heavy atom. The molecule has 1 aromatic carbocycles. The molecule has 0 bridgehead atoms. The molecule has 0 aliphatic carbocycles. The average Bonchev–Trinajstić information content (AvgIpc) is 2.65. The van der Waals surface area contributed by atoms with Gasteiger partial charge in [0.05, 0.1) is 22.8 Å². The minimum Gasteiger partial charge on any atom is -0.384 e. The number of fused-ring (bicyclic) bond motifs is 1. The summed E-state index contributed by atoms with van der Waals surface area (Å²) in [5.41, 5.74) is 6.21. The molecule has 0 fully saturated rings. The van der Waals surface area contributed by atoms with Gasteiger partial charge in [0.15, 0.2) is 17.3 Å². The Kier molecular flexibility index (Phi) is 4.25. The Hall–Kier alpha value is -3.39. The van der Waals surface area contributed by atoms with Crippen molar-refractivity contribution in [2.45, 2.75) is 0 Å². The van der Waals surface area contributed by atoms with E-state index in [1.807, 2.05) is 0 Å². The molecule has 9 heteroatoms. The van der Waals surface area contributed by atoms with Gasteiger partial charge in [-0.3, -0.25) is 4.98 Å². The first-order chi connectivity index (χ1) is 13.0. The van der Waals surface area contributed by atoms with E-state index in [0.29, 0.717) is 10.4 Å². The highest BCUT2D eigenvalue weighted by Crippen LogP contribution is 2.30. The van der Waals surface area contributed by atoms with E-state index < -0.39 is 11.6 Å². The summed E-state index contributed by atoms with van der Waals surface area (Å²) in [6.45, 7) is 0. The fourth-order valence-electron chi connectivity index (χ4n) is 2.51. The number of halogens is 3. The number of hydrogen-bond acceptors (Lipinski definition) is 6. The maximum atomic E-state index is 14.3. The number of rotatable bonds is 3. The van der Waals surface area contributed by atoms with E-state index in [2.05, 4.69) is 25.3 Å². The second-order valence-corrected chi connectivity index (χ2v) is 6.04. The van der Waals surface area contributed by atoms with E-state index in [1.54, 1.807) is 12.1 Å². The molecular weight excluding hydrogens is 374 g/mol. The van der Waals surface area contributed by atoms with Gasteiger partial charge in [0.25, 0.3) is 0 Å². The van der Waals surface area contributed by atoms with Crippen molar-refractivity contribution in [2.24, 2.45) is 0 Å². The second-order valence-electron chi connectivity index (χ2n) is 5.61. The summed E-state index contributed by atoms with van der Waals surface area (Å²) >= 11 is 5.97. The van der Waals surface area contributed by atoms with Gasteiger partial charge in [0, 0.05) is 11.2 Å². The third-order valence-electron chi connectivity index (χ3n) is 3.78. The largest absolute Gasteiger partial charge is 0.384 e. The van der Waals surface area contributed by atoms with Crippen LogP contribution in [0.2, 0.25) is 5.02 Å². The fraction of sp³-hybridized carbons (Fsp3) is 0. The Balaban J connectivity index is 1.94. The molecule has 0 unspecified atom stereocenters. The molecule has 0 saturated heterocycles. The second kappa shape index (κ2) is 6.73. The minimum atomic E-state index is -0.567. The SMILES string of the molecule is Nc1ccc2c(Nc3ccncc3F)nc(-c3cc(Cl)ccc3F)nc2n1. The molecule has 134 valence electrons. The van der Waals surface area contributed by atoms with Crippen LogP contribution in [0.4, 0.5) is 26.1 Å². The van der Waals surface area contributed by atoms with Crippen LogP contribution in [0.3, 0.4) is 0 Å². The molecule has 4 rings (SSSR count). The molecular formula is C18H11ClF2N6. The Morgan fingerprint density at radius 2 is 1.81 bits per heavy atom. The molecule has 0 amide bonds. The predicted molar refractivity (Wildman–Crippen MR) is 99.6 cm³/mol. The number of nitrogens with one attached hydrogen (secondary N) is 1. The van der Waals surface area contributed by atoms with Crippen LogP contribution < -0.4 is 11.1 Å². The first kappa shape index (κ1) is 17.0. The number of aromatic nitrogens is 4. The lowest BCUT2D eigenvalue weighted by Gasteiger charge is -2.12. The first-order valence-corrected chi connectivity index (χ1v) is 8.15. The maximum absolute atomic E-state index is 14.3. The molecule has 0 radical (unpaired) electrons. The van der Waals surface area contributed by atoms with Crippen LogP contribution in [-0.2, 0) is 0 Å². The number of anilines is 3. The smallest absolute Gasteiger partial charge is 0.167 e. The fourth-order valence-corrected chi connectivity index (χ4v) is 2.69. The standard InChI is InChI=1S/C18H11ClF2N6/c19-9-1-3-12(20)11(7-9)18-26-16(24-14-5-6-23-8-13(14)21)10-2-4-15(22)25-17(10)27-18/h1-8H,(H3,22,23,24,25,26,27). The van der Waals surface area contributed by atoms with Crippen molar-refractivity contribution >= 4 is 40.0 Å². The summed E-state index contributed by atoms with van der Waals surface area (Å²) < 4.78 is 28.3. The Labute approximate surface area is 157 Å². The molecule has 0 spiro atoms. The van der Waals surface area contributed by atoms with Crippen LogP contribution >= 0.6 is 11.6 Å². The molecule has 3 heterocycles. The molecule has 27 heavy (non-hydrogen) atoms. The number of nitrogen functional groups attached to an aromatic ring is 1. The van der Waals surface area contributed by atoms with Crippen LogP contribution in [0.5, 0.6) is 0 Å². The van der Waals surface area contributed by atoms with Gasteiger partial charge in [0.2, 0.25) is 0 Å². The van der Waals surface area contributed by atoms with Gasteiger partial charge < -0.3 is 11.1 Å². The summed E-state index contributed by atoms with van der Waals surface area (Å²) in [6.07, 6.45) is 2.50. The molecule has 0 aliphatic rings. The van der Waals surface area contributed by atoms with E-state index in [1.165, 1.54) is 30.5 Å². The van der Waals surface area contributed by atoms with Gasteiger partial charge in [-0.2, -0.15) is 0 Å². The van der Waals surface area contributed by atoms with E-state index in [4.69, 9.17) is 17.3 Å². The van der Waals surface area contributed by atoms with Crippen LogP contribution in [0.15, 0.2) is 48.8 Å². The first-order valence-electron chi connectivity index (χ1n) is 7.77. The zero-order chi connectivity index (χ0) is 19.0. The maximum Gasteiger partial charge on any atom is 0.167 e. The van der Waals surface area contributed by atoms with E-state index in [-0.39, 0.29) is 34.4 Å². The van der Waals surface area contributed by atoms with Crippen molar-refractivity contribution in [3.63, 3.8) is 0 Å². The lowest BCUT2D eigenvalue weighted by molar-refractivity contribution is 0.625. The monoisotopic (exact) mass is 384 g/mol. The number of benzene rings is 1. The third-order valence-corrected chi connectivity index (χ3v) is 4.01. The highest BCUT2D eigenvalue weighted by molar-refractivity contribution is 6.30. The normalized spacial score (nSPS) is 10.9. The topological polar surface area (TPSA) is 89.6 Å². The molecule has 0 atom stereocenters. The van der Waals surface area contributed by atoms with Gasteiger partial charge in [-0.05, 0) is 36.4 Å². The average molecular weight is 385 g/mol. The summed E-state index contributed by atoms with van der Waals surface area (Å²) in [6, 6.07) is 8.71. The lowest BCUT2D eigenvalue weighted by atomic mass is 10.2. The molecule has 0 saturated carbocycles. The van der Waals surface area contributed by atoms with Crippen LogP contribution in [0, 0.1) is 11.6 Å². The van der Waals surface area contributed by atoms with E-state index >= 15 is 0 Å². The van der Waals surface area contributed by atoms with Crippen LogP contribution in [0.1, 0.15) is 0 Å². The summed E-state index contributed by atoms with van der Waals surface area (Å²) in [4.78, 5) is 16.5. The number of nitrogens with zero attached hydrogens (tertiary/aromatic N) is 4. The van der Waals surface area contributed by atoms with Gasteiger partial charge >= 0.3 is 0 Å². The highest BCUT2D eigenvalue weighted by atomic mass is 35.5. The molecule has 0 aliphatic heterocycles. The van der Waals surface area contributed by atoms with Crippen molar-refractivity contribution in [3.8, 4) is 11.4 Å². The lowest BCUT2D eigenvalue weighted by Crippen LogP contribution is -2.03. The van der Waals surface area contributed by atoms with Crippen molar-refractivity contribution in [2.75, 3.05) is 11.1 Å². The van der Waals surface area contributed by atoms with Crippen molar-refractivity contribution in [1.82, 2.24) is 19.9 Å². The summed E-state index contributed by atoms with van der Waals surface area (Å²) in [5, 5.41) is 3.69. The summed E-state index contributed by atoms with van der Waals surface area (Å²) in [7, 11) is 0. The Morgan fingerprint density at radius 1 is 0.963 bits per heavy atom. The molecule has 3 aromatic heterocycles. The zero-order valence-corrected chi connectivity index (χ0v) is 14.4. The van der Waals surface area contributed by atoms with Crippen molar-refractivity contribution in [1.29, 1.82) is 0 Å². The number of pyridine rings is 2. The quantitative estimate of drug-likeness (QED) is 0.546. The zero-order valence-electron chi connectivity index (χ0n) is 13.6. The van der Waals surface area contributed by atoms with Gasteiger partial charge in [-0.25, -0.2) is 23.7 Å². The predicted octanol–water partition coefficient (Wildman–Crippen LogP) is 4.34. The molecule has 6 nitrogen and oxygen atoms in total. The van der Waals surface area contributed by atoms with Gasteiger partial charge in [0.1, 0.15) is 17.5 Å². The number of nitrogens with two attached hydrogens (primary N) is 1. The van der Waals surface area contributed by atoms with Gasteiger partial charge in [-0.15, -0.1) is 0 Å². The van der Waals surface area contributed by atoms with Crippen LogP contribution in [0.25, 0.3) is 22.4 Å². The van der Waals surface area contributed by atoms with Gasteiger partial charge in [-0.1, -0.05) is 11.6 Å². The third kappa shape index (κ3) is 3.34. The van der Waals surface area contributed by atoms with Crippen molar-refractivity contribution < 1.29 is 8.78 Å². The molecule has 4 aromatic rings.